The van der Waals surface area contributed by atoms with Crippen LogP contribution in [0.15, 0.2) is 48.0 Å². The van der Waals surface area contributed by atoms with E-state index in [1.807, 2.05) is 0 Å². The molecular weight excluding hydrogens is 298 g/mol. The van der Waals surface area contributed by atoms with Gasteiger partial charge in [-0.25, -0.2) is 0 Å². The second-order valence-corrected chi connectivity index (χ2v) is 5.26. The zero-order valence-electron chi connectivity index (χ0n) is 11.6. The first kappa shape index (κ1) is 14.2. The molecule has 108 valence electrons. The van der Waals surface area contributed by atoms with Crippen molar-refractivity contribution in [3.05, 3.63) is 64.2 Å². The molecule has 0 fully saturated rings. The summed E-state index contributed by atoms with van der Waals surface area (Å²) < 4.78 is 5.57. The summed E-state index contributed by atoms with van der Waals surface area (Å²) in [5, 5.41) is 3.42. The van der Waals surface area contributed by atoms with E-state index < -0.39 is 0 Å². The highest BCUT2D eigenvalue weighted by Crippen LogP contribution is 2.29. The lowest BCUT2D eigenvalue weighted by Crippen LogP contribution is -2.21. The predicted octanol–water partition coefficient (Wildman–Crippen LogP) is 3.74. The van der Waals surface area contributed by atoms with E-state index in [-0.39, 0.29) is 12.5 Å². The lowest BCUT2D eigenvalue weighted by Gasteiger charge is -2.18. The van der Waals surface area contributed by atoms with Crippen molar-refractivity contribution in [1.29, 1.82) is 0 Å². The van der Waals surface area contributed by atoms with Crippen LogP contribution in [0, 0.1) is 12.3 Å². The Kier molecular flexibility index (Phi) is 3.86. The summed E-state index contributed by atoms with van der Waals surface area (Å²) in [6.45, 7) is 0.218. The number of ether oxygens (including phenoxy) is 1. The van der Waals surface area contributed by atoms with Crippen molar-refractivity contribution in [3.63, 3.8) is 0 Å². The molecule has 4 heteroatoms. The Labute approximate surface area is 133 Å². The first-order valence-corrected chi connectivity index (χ1v) is 7.04. The van der Waals surface area contributed by atoms with Crippen LogP contribution in [0.2, 0.25) is 5.02 Å². The highest BCUT2D eigenvalue weighted by Gasteiger charge is 2.17. The zero-order valence-corrected chi connectivity index (χ0v) is 12.4. The summed E-state index contributed by atoms with van der Waals surface area (Å²) in [4.78, 5) is 12.3. The maximum Gasteiger partial charge on any atom is 0.255 e. The third-order valence-electron chi connectivity index (χ3n) is 3.26. The van der Waals surface area contributed by atoms with Gasteiger partial charge in [-0.3, -0.25) is 4.79 Å². The Hall–Kier alpha value is -2.70. The summed E-state index contributed by atoms with van der Waals surface area (Å²) >= 11 is 5.96. The first-order chi connectivity index (χ1) is 10.7. The molecule has 1 amide bonds. The van der Waals surface area contributed by atoms with E-state index in [9.17, 15) is 4.79 Å². The monoisotopic (exact) mass is 309 g/mol. The molecule has 22 heavy (non-hydrogen) atoms. The number of nitrogens with one attached hydrogen (secondary N) is 1. The number of benzene rings is 2. The van der Waals surface area contributed by atoms with Gasteiger partial charge in [0.15, 0.2) is 0 Å². The second-order valence-electron chi connectivity index (χ2n) is 4.82. The van der Waals surface area contributed by atoms with Crippen LogP contribution in [0.3, 0.4) is 0 Å². The van der Waals surface area contributed by atoms with E-state index in [2.05, 4.69) is 11.2 Å². The molecule has 1 heterocycles. The van der Waals surface area contributed by atoms with Gasteiger partial charge in [0.25, 0.3) is 5.91 Å². The number of rotatable bonds is 2. The minimum atomic E-state index is -0.222. The van der Waals surface area contributed by atoms with E-state index in [1.165, 1.54) is 0 Å². The van der Waals surface area contributed by atoms with Gasteiger partial charge >= 0.3 is 0 Å². The Bertz CT molecular complexity index is 818. The Morgan fingerprint density at radius 3 is 2.95 bits per heavy atom. The van der Waals surface area contributed by atoms with Crippen LogP contribution >= 0.6 is 11.6 Å². The normalized spacial score (nSPS) is 12.5. The van der Waals surface area contributed by atoms with Crippen molar-refractivity contribution in [2.45, 2.75) is 0 Å². The van der Waals surface area contributed by atoms with Crippen LogP contribution in [0.5, 0.6) is 5.75 Å². The third-order valence-corrected chi connectivity index (χ3v) is 3.50. The van der Waals surface area contributed by atoms with E-state index in [0.29, 0.717) is 21.8 Å². The molecule has 3 nitrogen and oxygen atoms in total. The van der Waals surface area contributed by atoms with Crippen molar-refractivity contribution in [3.8, 4) is 18.1 Å². The predicted molar refractivity (Wildman–Crippen MR) is 87.9 cm³/mol. The molecule has 1 aliphatic heterocycles. The molecule has 0 atom stereocenters. The Morgan fingerprint density at radius 2 is 2.14 bits per heavy atom. The van der Waals surface area contributed by atoms with Crippen LogP contribution in [-0.4, -0.2) is 12.5 Å². The lowest BCUT2D eigenvalue weighted by atomic mass is 10.1. The number of hydrogen-bond acceptors (Lipinski definition) is 2. The van der Waals surface area contributed by atoms with Gasteiger partial charge in [-0.1, -0.05) is 23.6 Å². The topological polar surface area (TPSA) is 38.3 Å². The molecule has 1 N–H and O–H groups in total. The number of anilines is 1. The number of amides is 1. The SMILES string of the molecule is C#Cc1cccc(NC(=O)C2=Cc3cc(Cl)ccc3OC2)c1. The Morgan fingerprint density at radius 1 is 1.27 bits per heavy atom. The lowest BCUT2D eigenvalue weighted by molar-refractivity contribution is -0.113. The van der Waals surface area contributed by atoms with Crippen molar-refractivity contribution in [1.82, 2.24) is 0 Å². The molecule has 0 spiro atoms. The average molecular weight is 310 g/mol. The van der Waals surface area contributed by atoms with Gasteiger partial charge in [-0.2, -0.15) is 0 Å². The summed E-state index contributed by atoms with van der Waals surface area (Å²) in [7, 11) is 0. The standard InChI is InChI=1S/C18H12ClNO2/c1-2-12-4-3-5-16(8-12)20-18(21)14-9-13-10-15(19)6-7-17(13)22-11-14/h1,3-10H,11H2,(H,20,21). The van der Waals surface area contributed by atoms with Crippen molar-refractivity contribution < 1.29 is 9.53 Å². The molecule has 3 rings (SSSR count). The molecule has 0 aliphatic carbocycles. The van der Waals surface area contributed by atoms with Gasteiger partial charge < -0.3 is 10.1 Å². The summed E-state index contributed by atoms with van der Waals surface area (Å²) in [6, 6.07) is 12.4. The van der Waals surface area contributed by atoms with Gasteiger partial charge in [0.05, 0.1) is 5.57 Å². The maximum atomic E-state index is 12.3. The molecule has 0 radical (unpaired) electrons. The van der Waals surface area contributed by atoms with Crippen molar-refractivity contribution >= 4 is 29.3 Å². The van der Waals surface area contributed by atoms with E-state index in [4.69, 9.17) is 22.8 Å². The number of carbonyl (C=O) groups is 1. The van der Waals surface area contributed by atoms with Crippen LogP contribution in [0.25, 0.3) is 6.08 Å². The fourth-order valence-corrected chi connectivity index (χ4v) is 2.36. The average Bonchev–Trinajstić information content (AvgIpc) is 2.54. The Balaban J connectivity index is 1.82. The number of carbonyl (C=O) groups excluding carboxylic acids is 1. The number of terminal acetylenes is 1. The van der Waals surface area contributed by atoms with Gasteiger partial charge in [0.1, 0.15) is 12.4 Å². The zero-order chi connectivity index (χ0) is 15.5. The number of fused-ring (bicyclic) bond motifs is 1. The molecule has 0 aromatic heterocycles. The molecule has 1 aliphatic rings. The molecule has 0 saturated carbocycles. The molecule has 2 aromatic carbocycles. The molecule has 0 bridgehead atoms. The van der Waals surface area contributed by atoms with E-state index >= 15 is 0 Å². The summed E-state index contributed by atoms with van der Waals surface area (Å²) in [5.74, 6) is 3.03. The first-order valence-electron chi connectivity index (χ1n) is 6.66. The molecule has 0 unspecified atom stereocenters. The number of halogens is 1. The molecule has 0 saturated heterocycles. The third kappa shape index (κ3) is 2.98. The summed E-state index contributed by atoms with van der Waals surface area (Å²) in [5.41, 5.74) is 2.68. The highest BCUT2D eigenvalue weighted by molar-refractivity contribution is 6.30. The van der Waals surface area contributed by atoms with Crippen LogP contribution < -0.4 is 10.1 Å². The fourth-order valence-electron chi connectivity index (χ4n) is 2.18. The number of hydrogen-bond donors (Lipinski definition) is 1. The van der Waals surface area contributed by atoms with Gasteiger partial charge in [0, 0.05) is 21.8 Å². The van der Waals surface area contributed by atoms with Crippen LogP contribution in [-0.2, 0) is 4.79 Å². The maximum absolute atomic E-state index is 12.3. The van der Waals surface area contributed by atoms with Crippen molar-refractivity contribution in [2.24, 2.45) is 0 Å². The largest absolute Gasteiger partial charge is 0.488 e. The van der Waals surface area contributed by atoms with Crippen LogP contribution in [0.4, 0.5) is 5.69 Å². The summed E-state index contributed by atoms with van der Waals surface area (Å²) in [6.07, 6.45) is 7.14. The van der Waals surface area contributed by atoms with Crippen LogP contribution in [0.1, 0.15) is 11.1 Å². The smallest absolute Gasteiger partial charge is 0.255 e. The quantitative estimate of drug-likeness (QED) is 0.858. The fraction of sp³-hybridized carbons (Fsp3) is 0.0556. The second kappa shape index (κ2) is 5.97. The van der Waals surface area contributed by atoms with E-state index in [0.717, 1.165) is 11.3 Å². The van der Waals surface area contributed by atoms with Crippen molar-refractivity contribution in [2.75, 3.05) is 11.9 Å². The van der Waals surface area contributed by atoms with Gasteiger partial charge in [-0.05, 0) is 42.5 Å². The highest BCUT2D eigenvalue weighted by atomic mass is 35.5. The molecule has 2 aromatic rings. The van der Waals surface area contributed by atoms with Gasteiger partial charge in [0.2, 0.25) is 0 Å². The minimum Gasteiger partial charge on any atom is -0.488 e. The van der Waals surface area contributed by atoms with Gasteiger partial charge in [-0.15, -0.1) is 6.42 Å². The molecular formula is C18H12ClNO2. The van der Waals surface area contributed by atoms with E-state index in [1.54, 1.807) is 48.5 Å². The minimum absolute atomic E-state index is 0.218.